The van der Waals surface area contributed by atoms with Crippen LogP contribution in [0.4, 0.5) is 10.5 Å². The van der Waals surface area contributed by atoms with Crippen LogP contribution >= 0.6 is 11.6 Å². The molecular formula is C15H20ClN3O2. The first kappa shape index (κ1) is 15.6. The van der Waals surface area contributed by atoms with E-state index in [4.69, 9.17) is 11.6 Å². The average Bonchev–Trinajstić information content (AvgIpc) is 2.73. The summed E-state index contributed by atoms with van der Waals surface area (Å²) in [6.45, 7) is 6.50. The number of carbonyl (C=O) groups excluding carboxylic acids is 2. The molecule has 21 heavy (non-hydrogen) atoms. The van der Waals surface area contributed by atoms with Gasteiger partial charge in [0, 0.05) is 29.2 Å². The van der Waals surface area contributed by atoms with E-state index in [1.165, 1.54) is 0 Å². The number of benzene rings is 1. The number of likely N-dealkylation sites (tertiary alicyclic amines) is 1. The lowest BCUT2D eigenvalue weighted by Gasteiger charge is -2.32. The van der Waals surface area contributed by atoms with E-state index in [1.54, 1.807) is 29.2 Å². The van der Waals surface area contributed by atoms with Crippen molar-refractivity contribution in [2.45, 2.75) is 38.8 Å². The highest BCUT2D eigenvalue weighted by molar-refractivity contribution is 6.30. The van der Waals surface area contributed by atoms with Crippen molar-refractivity contribution in [1.82, 2.24) is 10.2 Å². The van der Waals surface area contributed by atoms with Crippen LogP contribution in [0.25, 0.3) is 0 Å². The highest BCUT2D eigenvalue weighted by Gasteiger charge is 2.36. The molecule has 0 aliphatic carbocycles. The van der Waals surface area contributed by atoms with Gasteiger partial charge in [-0.25, -0.2) is 4.79 Å². The minimum atomic E-state index is -0.314. The molecule has 1 aromatic carbocycles. The van der Waals surface area contributed by atoms with E-state index in [-0.39, 0.29) is 23.5 Å². The van der Waals surface area contributed by atoms with Crippen molar-refractivity contribution in [2.75, 3.05) is 11.9 Å². The van der Waals surface area contributed by atoms with Crippen LogP contribution in [0.3, 0.4) is 0 Å². The molecule has 5 nitrogen and oxygen atoms in total. The Bertz CT molecular complexity index is 537. The predicted molar refractivity (Wildman–Crippen MR) is 83.5 cm³/mol. The Morgan fingerprint density at radius 2 is 1.90 bits per heavy atom. The van der Waals surface area contributed by atoms with E-state index in [2.05, 4.69) is 10.6 Å². The van der Waals surface area contributed by atoms with Crippen molar-refractivity contribution < 1.29 is 9.59 Å². The molecule has 1 aliphatic heterocycles. The monoisotopic (exact) mass is 309 g/mol. The molecule has 0 bridgehead atoms. The highest BCUT2D eigenvalue weighted by Crippen LogP contribution is 2.22. The van der Waals surface area contributed by atoms with Crippen LogP contribution in [0.15, 0.2) is 24.3 Å². The van der Waals surface area contributed by atoms with Gasteiger partial charge in [0.2, 0.25) is 5.91 Å². The minimum Gasteiger partial charge on any atom is -0.336 e. The fourth-order valence-corrected chi connectivity index (χ4v) is 2.46. The van der Waals surface area contributed by atoms with Crippen LogP contribution in [0.1, 0.15) is 27.2 Å². The summed E-state index contributed by atoms with van der Waals surface area (Å²) in [7, 11) is 0. The summed E-state index contributed by atoms with van der Waals surface area (Å²) in [5.74, 6) is 0.0688. The lowest BCUT2D eigenvalue weighted by molar-refractivity contribution is -0.131. The Labute approximate surface area is 129 Å². The third-order valence-electron chi connectivity index (χ3n) is 3.37. The lowest BCUT2D eigenvalue weighted by atomic mass is 10.1. The Morgan fingerprint density at radius 3 is 2.43 bits per heavy atom. The Morgan fingerprint density at radius 1 is 1.29 bits per heavy atom. The van der Waals surface area contributed by atoms with Gasteiger partial charge in [-0.3, -0.25) is 4.79 Å². The second kappa shape index (κ2) is 5.93. The molecule has 1 heterocycles. The summed E-state index contributed by atoms with van der Waals surface area (Å²) in [4.78, 5) is 25.7. The molecule has 2 N–H and O–H groups in total. The zero-order valence-corrected chi connectivity index (χ0v) is 13.2. The minimum absolute atomic E-state index is 0.0688. The van der Waals surface area contributed by atoms with Crippen molar-refractivity contribution >= 4 is 29.2 Å². The van der Waals surface area contributed by atoms with Crippen LogP contribution in [0, 0.1) is 0 Å². The van der Waals surface area contributed by atoms with Gasteiger partial charge in [-0.05, 0) is 45.0 Å². The fourth-order valence-electron chi connectivity index (χ4n) is 2.34. The molecule has 1 aliphatic rings. The number of urea groups is 1. The van der Waals surface area contributed by atoms with Gasteiger partial charge < -0.3 is 15.5 Å². The van der Waals surface area contributed by atoms with Gasteiger partial charge in [-0.1, -0.05) is 11.6 Å². The molecule has 0 spiro atoms. The van der Waals surface area contributed by atoms with Crippen molar-refractivity contribution in [1.29, 1.82) is 0 Å². The molecule has 6 heteroatoms. The molecule has 1 fully saturated rings. The van der Waals surface area contributed by atoms with Crippen LogP contribution < -0.4 is 10.6 Å². The van der Waals surface area contributed by atoms with Crippen molar-refractivity contribution in [3.05, 3.63) is 29.3 Å². The highest BCUT2D eigenvalue weighted by atomic mass is 35.5. The predicted octanol–water partition coefficient (Wildman–Crippen LogP) is 2.86. The topological polar surface area (TPSA) is 61.4 Å². The maximum atomic E-state index is 11.9. The number of nitrogens with one attached hydrogen (secondary N) is 2. The molecule has 1 atom stereocenters. The van der Waals surface area contributed by atoms with Crippen molar-refractivity contribution in [2.24, 2.45) is 0 Å². The second-order valence-electron chi connectivity index (χ2n) is 6.18. The molecule has 0 radical (unpaired) electrons. The van der Waals surface area contributed by atoms with Gasteiger partial charge in [0.1, 0.15) is 0 Å². The number of rotatable bonds is 2. The van der Waals surface area contributed by atoms with E-state index in [0.717, 1.165) is 0 Å². The Balaban J connectivity index is 1.89. The maximum absolute atomic E-state index is 11.9. The number of anilines is 1. The molecule has 2 rings (SSSR count). The van der Waals surface area contributed by atoms with Gasteiger partial charge in [-0.15, -0.1) is 0 Å². The van der Waals surface area contributed by atoms with Crippen molar-refractivity contribution in [3.63, 3.8) is 0 Å². The first-order valence-electron chi connectivity index (χ1n) is 6.89. The molecule has 114 valence electrons. The first-order chi connectivity index (χ1) is 9.75. The summed E-state index contributed by atoms with van der Waals surface area (Å²) >= 11 is 5.79. The number of halogens is 1. The largest absolute Gasteiger partial charge is 0.336 e. The average molecular weight is 310 g/mol. The van der Waals surface area contributed by atoms with E-state index in [0.29, 0.717) is 23.7 Å². The zero-order chi connectivity index (χ0) is 15.6. The van der Waals surface area contributed by atoms with Crippen LogP contribution in [-0.4, -0.2) is 35.0 Å². The second-order valence-corrected chi connectivity index (χ2v) is 6.62. The van der Waals surface area contributed by atoms with Crippen LogP contribution in [0.2, 0.25) is 5.02 Å². The van der Waals surface area contributed by atoms with E-state index in [9.17, 15) is 9.59 Å². The molecule has 1 saturated heterocycles. The zero-order valence-electron chi connectivity index (χ0n) is 12.4. The fraction of sp³-hybridized carbons (Fsp3) is 0.467. The third kappa shape index (κ3) is 4.11. The van der Waals surface area contributed by atoms with Gasteiger partial charge in [0.15, 0.2) is 0 Å². The number of hydrogen-bond donors (Lipinski definition) is 2. The lowest BCUT2D eigenvalue weighted by Crippen LogP contribution is -2.45. The summed E-state index contributed by atoms with van der Waals surface area (Å²) in [6, 6.07) is 6.39. The SMILES string of the molecule is CC(C)(C)N1CC(NC(=O)Nc2ccc(Cl)cc2)CC1=O. The van der Waals surface area contributed by atoms with E-state index in [1.807, 2.05) is 20.8 Å². The molecule has 0 aromatic heterocycles. The molecule has 1 unspecified atom stereocenters. The normalized spacial score (nSPS) is 18.8. The Kier molecular flexibility index (Phi) is 4.42. The molecule has 3 amide bonds. The maximum Gasteiger partial charge on any atom is 0.319 e. The third-order valence-corrected chi connectivity index (χ3v) is 3.62. The standard InChI is InChI=1S/C15H20ClN3O2/c1-15(2,3)19-9-12(8-13(19)20)18-14(21)17-11-6-4-10(16)5-7-11/h4-7,12H,8-9H2,1-3H3,(H2,17,18,21). The summed E-state index contributed by atoms with van der Waals surface area (Å²) in [5, 5.41) is 6.17. The van der Waals surface area contributed by atoms with Gasteiger partial charge in [-0.2, -0.15) is 0 Å². The molecule has 0 saturated carbocycles. The van der Waals surface area contributed by atoms with E-state index >= 15 is 0 Å². The number of amides is 3. The van der Waals surface area contributed by atoms with Gasteiger partial charge in [0.25, 0.3) is 0 Å². The molecular weight excluding hydrogens is 290 g/mol. The van der Waals surface area contributed by atoms with E-state index < -0.39 is 0 Å². The number of nitrogens with zero attached hydrogens (tertiary/aromatic N) is 1. The number of carbonyl (C=O) groups is 2. The smallest absolute Gasteiger partial charge is 0.319 e. The van der Waals surface area contributed by atoms with Gasteiger partial charge >= 0.3 is 6.03 Å². The van der Waals surface area contributed by atoms with Crippen LogP contribution in [0.5, 0.6) is 0 Å². The van der Waals surface area contributed by atoms with Crippen molar-refractivity contribution in [3.8, 4) is 0 Å². The number of hydrogen-bond acceptors (Lipinski definition) is 2. The summed E-state index contributed by atoms with van der Waals surface area (Å²) in [5.41, 5.74) is 0.439. The van der Waals surface area contributed by atoms with Crippen LogP contribution in [-0.2, 0) is 4.79 Å². The summed E-state index contributed by atoms with van der Waals surface area (Å²) < 4.78 is 0. The first-order valence-corrected chi connectivity index (χ1v) is 7.27. The summed E-state index contributed by atoms with van der Waals surface area (Å²) in [6.07, 6.45) is 0.339. The Hall–Kier alpha value is -1.75. The quantitative estimate of drug-likeness (QED) is 0.882. The molecule has 1 aromatic rings. The van der Waals surface area contributed by atoms with Gasteiger partial charge in [0.05, 0.1) is 6.04 Å².